The molecule has 548 valence electrons. The van der Waals surface area contributed by atoms with E-state index >= 15 is 0 Å². The molecule has 0 spiro atoms. The summed E-state index contributed by atoms with van der Waals surface area (Å²) >= 11 is 0. The van der Waals surface area contributed by atoms with Crippen LogP contribution in [-0.2, 0) is 19.8 Å². The summed E-state index contributed by atoms with van der Waals surface area (Å²) in [6, 6.07) is 105. The van der Waals surface area contributed by atoms with Gasteiger partial charge in [0.2, 0.25) is 0 Å². The van der Waals surface area contributed by atoms with Gasteiger partial charge in [0, 0.05) is 61.4 Å². The maximum absolute atomic E-state index is 12.5. The predicted molar refractivity (Wildman–Crippen MR) is 452 cm³/mol. The number of ether oxygens (including phenoxy) is 3. The van der Waals surface area contributed by atoms with Crippen LogP contribution in [0.25, 0.3) is 61.5 Å². The summed E-state index contributed by atoms with van der Waals surface area (Å²) in [5.74, 6) is 2.40. The number of nitriles is 3. The van der Waals surface area contributed by atoms with Crippen LogP contribution in [0.3, 0.4) is 0 Å². The van der Waals surface area contributed by atoms with Crippen LogP contribution in [0.2, 0.25) is 0 Å². The molecule has 15 nitrogen and oxygen atoms in total. The van der Waals surface area contributed by atoms with E-state index in [9.17, 15) is 19.4 Å². The molecule has 0 heterocycles. The van der Waals surface area contributed by atoms with E-state index in [2.05, 4.69) is 214 Å². The molecular formula is C96H76N7O8P. The third kappa shape index (κ3) is 18.1. The smallest absolute Gasteiger partial charge is 0.335 e. The summed E-state index contributed by atoms with van der Waals surface area (Å²) in [4.78, 5) is 32.5. The Hall–Kier alpha value is -14.4. The summed E-state index contributed by atoms with van der Waals surface area (Å²) in [6.45, 7) is 11.8. The van der Waals surface area contributed by atoms with E-state index in [4.69, 9.17) is 40.4 Å². The fourth-order valence-electron chi connectivity index (χ4n) is 13.1. The molecule has 0 fully saturated rings. The number of carbonyl (C=O) groups is 2. The predicted octanol–water partition coefficient (Wildman–Crippen LogP) is 24.9. The molecular weight excluding hydrogens is 1410 g/mol. The SMILES string of the molecule is CCOP(=O)(Cc1cc(C#N)c(C=O)cc1C#N)OCC.COc1ccc(N(c2ccc(C=O)cc2)c2cccc3ccccc23)cc1.[C-]#[N+]c1cc(/C=C/c2ccc(N(c3ccc(OC)cc3)c3cccc4ccccc34)cc2)c(C#N)cc1/C=C/c1ccc(N(c2ccc(OC)cc2)c2cccc3ccccc23)cc1. The molecule has 0 aromatic heterocycles. The highest BCUT2D eigenvalue weighted by atomic mass is 31.2. The number of anilines is 9. The summed E-state index contributed by atoms with van der Waals surface area (Å²) in [7, 11) is 1.62. The highest BCUT2D eigenvalue weighted by Gasteiger charge is 2.27. The molecule has 0 amide bonds. The molecule has 0 aliphatic carbocycles. The molecule has 14 aromatic carbocycles. The molecule has 0 saturated carbocycles. The van der Waals surface area contributed by atoms with Gasteiger partial charge in [-0.05, 0) is 222 Å². The Morgan fingerprint density at radius 2 is 0.705 bits per heavy atom. The standard InChI is InChI=1S/C58H42N4O2.C24H19NO2.C14H15N2O4P/c1-60-56-39-45(24-18-41-20-26-48(27-21-41)61(50-30-34-52(63-2)35-31-50)57-16-8-12-43-10-4-6-14-54(43)57)47(40-59)38-46(56)25-19-42-22-28-49(29-23-42)62(51-32-36-53(64-3)37-33-51)58-17-9-13-44-11-5-7-15-55(44)58;1-27-22-15-13-21(14-16-22)25(20-11-9-18(17-26)10-12-20)24-8-4-6-19-5-2-3-7-23(19)24;1-3-19-21(18,20-4-2)10-14-6-11(7-15)13(9-17)5-12(14)8-16/h4-39H,2-3H3;2-17H,1H3;5-6,9H,3-4,10H2,1-2H3/b24-18+,25-19+;;. The van der Waals surface area contributed by atoms with Crippen molar-refractivity contribution in [1.82, 2.24) is 0 Å². The van der Waals surface area contributed by atoms with E-state index in [1.165, 1.54) is 17.5 Å². The Morgan fingerprint density at radius 3 is 1.04 bits per heavy atom. The highest BCUT2D eigenvalue weighted by Crippen LogP contribution is 2.52. The van der Waals surface area contributed by atoms with E-state index in [1.807, 2.05) is 121 Å². The van der Waals surface area contributed by atoms with E-state index in [-0.39, 0.29) is 36.1 Å². The first-order valence-corrected chi connectivity index (χ1v) is 37.7. The minimum Gasteiger partial charge on any atom is -0.497 e. The fourth-order valence-corrected chi connectivity index (χ4v) is 14.9. The Bertz CT molecular complexity index is 5740. The van der Waals surface area contributed by atoms with Gasteiger partial charge >= 0.3 is 7.60 Å². The number of aldehydes is 2. The third-order valence-corrected chi connectivity index (χ3v) is 20.6. The summed E-state index contributed by atoms with van der Waals surface area (Å²) < 4.78 is 39.1. The van der Waals surface area contributed by atoms with Crippen molar-refractivity contribution in [3.05, 3.63) is 364 Å². The molecule has 0 saturated heterocycles. The first-order chi connectivity index (χ1) is 54.9. The van der Waals surface area contributed by atoms with Gasteiger partial charge in [0.05, 0.1) is 99.2 Å². The lowest BCUT2D eigenvalue weighted by Gasteiger charge is -2.27. The number of carbonyl (C=O) groups excluding carboxylic acids is 2. The number of nitrogens with zero attached hydrogens (tertiary/aromatic N) is 7. The topological polar surface area (TPSA) is 183 Å². The highest BCUT2D eigenvalue weighted by molar-refractivity contribution is 7.53. The van der Waals surface area contributed by atoms with Crippen LogP contribution < -0.4 is 28.9 Å². The van der Waals surface area contributed by atoms with Gasteiger partial charge in [-0.1, -0.05) is 158 Å². The number of methoxy groups -OCH3 is 3. The maximum atomic E-state index is 12.5. The number of fused-ring (bicyclic) bond motifs is 3. The molecule has 0 unspecified atom stereocenters. The van der Waals surface area contributed by atoms with Crippen LogP contribution in [0.15, 0.2) is 297 Å². The van der Waals surface area contributed by atoms with Crippen LogP contribution in [0.1, 0.15) is 79.1 Å². The Labute approximate surface area is 652 Å². The van der Waals surface area contributed by atoms with Crippen LogP contribution in [-0.4, -0.2) is 47.1 Å². The van der Waals surface area contributed by atoms with Crippen LogP contribution in [0, 0.1) is 40.6 Å². The van der Waals surface area contributed by atoms with Gasteiger partial charge in [-0.15, -0.1) is 0 Å². The lowest BCUT2D eigenvalue weighted by Crippen LogP contribution is -2.10. The van der Waals surface area contributed by atoms with Crippen molar-refractivity contribution in [3.63, 3.8) is 0 Å². The minimum atomic E-state index is -3.38. The summed E-state index contributed by atoms with van der Waals surface area (Å²) in [6.07, 6.45) is 9.03. The van der Waals surface area contributed by atoms with Crippen molar-refractivity contribution < 1.29 is 37.4 Å². The Balaban J connectivity index is 0.000000197. The molecule has 0 aliphatic heterocycles. The number of hydrogen-bond acceptors (Lipinski definition) is 14. The van der Waals surface area contributed by atoms with Crippen molar-refractivity contribution in [2.45, 2.75) is 20.0 Å². The molecule has 112 heavy (non-hydrogen) atoms. The second kappa shape index (κ2) is 36.9. The quantitative estimate of drug-likeness (QED) is 0.0241. The molecule has 14 rings (SSSR count). The van der Waals surface area contributed by atoms with Gasteiger partial charge in [0.1, 0.15) is 23.5 Å². The lowest BCUT2D eigenvalue weighted by molar-refractivity contribution is 0.111. The van der Waals surface area contributed by atoms with E-state index in [1.54, 1.807) is 47.3 Å². The van der Waals surface area contributed by atoms with Gasteiger partial charge in [-0.25, -0.2) is 4.85 Å². The van der Waals surface area contributed by atoms with Crippen molar-refractivity contribution in [3.8, 4) is 35.5 Å². The molecule has 0 aliphatic rings. The molecule has 0 atom stereocenters. The number of benzene rings is 14. The number of rotatable bonds is 24. The molecule has 0 bridgehead atoms. The average molecular weight is 1490 g/mol. The van der Waals surface area contributed by atoms with Crippen molar-refractivity contribution >= 4 is 134 Å². The van der Waals surface area contributed by atoms with Gasteiger partial charge < -0.3 is 38.0 Å². The van der Waals surface area contributed by atoms with Crippen molar-refractivity contribution in [1.29, 1.82) is 15.8 Å². The molecule has 0 radical (unpaired) electrons. The Kier molecular flexibility index (Phi) is 25.5. The molecule has 0 N–H and O–H groups in total. The normalized spacial score (nSPS) is 10.9. The van der Waals surface area contributed by atoms with E-state index < -0.39 is 7.60 Å². The van der Waals surface area contributed by atoms with Crippen LogP contribution >= 0.6 is 7.60 Å². The zero-order valence-electron chi connectivity index (χ0n) is 62.2. The minimum absolute atomic E-state index is 0.120. The average Bonchev–Trinajstić information content (AvgIpc) is 0.789. The first-order valence-electron chi connectivity index (χ1n) is 36.0. The largest absolute Gasteiger partial charge is 0.497 e. The zero-order chi connectivity index (χ0) is 78.4. The fraction of sp³-hybridized carbons (Fsp3) is 0.0833. The monoisotopic (exact) mass is 1490 g/mol. The van der Waals surface area contributed by atoms with Gasteiger partial charge in [0.15, 0.2) is 12.0 Å². The third-order valence-electron chi connectivity index (χ3n) is 18.6. The molecule has 14 aromatic rings. The van der Waals surface area contributed by atoms with Gasteiger partial charge in [-0.2, -0.15) is 15.8 Å². The Morgan fingerprint density at radius 1 is 0.375 bits per heavy atom. The summed E-state index contributed by atoms with van der Waals surface area (Å²) in [5, 5.41) is 35.4. The van der Waals surface area contributed by atoms with Crippen LogP contribution in [0.5, 0.6) is 17.2 Å². The second-order valence-electron chi connectivity index (χ2n) is 25.4. The second-order valence-corrected chi connectivity index (χ2v) is 27.5. The van der Waals surface area contributed by atoms with Crippen molar-refractivity contribution in [2.75, 3.05) is 49.2 Å². The van der Waals surface area contributed by atoms with Gasteiger partial charge in [-0.3, -0.25) is 14.2 Å². The van der Waals surface area contributed by atoms with E-state index in [0.29, 0.717) is 39.8 Å². The van der Waals surface area contributed by atoms with Crippen molar-refractivity contribution in [2.24, 2.45) is 0 Å². The zero-order valence-corrected chi connectivity index (χ0v) is 63.1. The number of hydrogen-bond donors (Lipinski definition) is 0. The van der Waals surface area contributed by atoms with Crippen LogP contribution in [0.4, 0.5) is 56.9 Å². The first kappa shape index (κ1) is 77.2. The van der Waals surface area contributed by atoms with E-state index in [0.717, 1.165) is 113 Å². The summed E-state index contributed by atoms with van der Waals surface area (Å²) in [5.41, 5.74) is 14.9. The maximum Gasteiger partial charge on any atom is 0.335 e. The molecule has 16 heteroatoms. The van der Waals surface area contributed by atoms with Gasteiger partial charge in [0.25, 0.3) is 0 Å². The lowest BCUT2D eigenvalue weighted by atomic mass is 10.0.